The van der Waals surface area contributed by atoms with Crippen molar-refractivity contribution < 1.29 is 8.78 Å². The molecule has 1 aromatic rings. The maximum atomic E-state index is 13.3. The van der Waals surface area contributed by atoms with Crippen LogP contribution in [0.1, 0.15) is 25.7 Å². The van der Waals surface area contributed by atoms with Crippen molar-refractivity contribution in [2.45, 2.75) is 31.6 Å². The van der Waals surface area contributed by atoms with Gasteiger partial charge in [0.1, 0.15) is 0 Å². The van der Waals surface area contributed by atoms with Crippen LogP contribution in [0.25, 0.3) is 0 Å². The van der Waals surface area contributed by atoms with Crippen molar-refractivity contribution in [3.05, 3.63) is 26.2 Å². The summed E-state index contributed by atoms with van der Waals surface area (Å²) in [6.45, 7) is 0.628. The lowest BCUT2D eigenvalue weighted by Crippen LogP contribution is -2.29. The molecule has 0 spiro atoms. The highest BCUT2D eigenvalue weighted by Crippen LogP contribution is 2.36. The van der Waals surface area contributed by atoms with Crippen LogP contribution in [0, 0.1) is 9.49 Å². The van der Waals surface area contributed by atoms with E-state index in [1.54, 1.807) is 0 Å². The Balaban J connectivity index is 1.89. The van der Waals surface area contributed by atoms with E-state index >= 15 is 0 Å². The molecule has 0 heterocycles. The summed E-state index contributed by atoms with van der Waals surface area (Å²) in [5, 5.41) is 3.25. The SMILES string of the molecule is FC1(F)CCCC(CNc2ccc(I)c(Br)c2)C1. The minimum absolute atomic E-state index is 0.0194. The summed E-state index contributed by atoms with van der Waals surface area (Å²) in [5.74, 6) is -2.39. The lowest BCUT2D eigenvalue weighted by Gasteiger charge is -2.29. The zero-order valence-electron chi connectivity index (χ0n) is 9.86. The minimum Gasteiger partial charge on any atom is -0.385 e. The normalized spacial score (nSPS) is 22.8. The molecule has 0 aliphatic heterocycles. The molecule has 1 saturated carbocycles. The van der Waals surface area contributed by atoms with E-state index in [1.807, 2.05) is 18.2 Å². The molecule has 1 nitrogen and oxygen atoms in total. The molecule has 0 saturated heterocycles. The first kappa shape index (κ1) is 14.5. The minimum atomic E-state index is -2.46. The molecule has 1 aliphatic carbocycles. The van der Waals surface area contributed by atoms with Crippen molar-refractivity contribution >= 4 is 44.2 Å². The van der Waals surface area contributed by atoms with E-state index in [9.17, 15) is 8.78 Å². The van der Waals surface area contributed by atoms with Crippen LogP contribution in [-0.2, 0) is 0 Å². The summed E-state index contributed by atoms with van der Waals surface area (Å²) in [6, 6.07) is 5.97. The highest BCUT2D eigenvalue weighted by molar-refractivity contribution is 14.1. The Morgan fingerprint density at radius 2 is 2.22 bits per heavy atom. The highest BCUT2D eigenvalue weighted by Gasteiger charge is 2.35. The summed E-state index contributed by atoms with van der Waals surface area (Å²) in [4.78, 5) is 0. The lowest BCUT2D eigenvalue weighted by atomic mass is 9.86. The Morgan fingerprint density at radius 1 is 1.44 bits per heavy atom. The van der Waals surface area contributed by atoms with E-state index in [1.165, 1.54) is 0 Å². The van der Waals surface area contributed by atoms with Crippen molar-refractivity contribution in [1.82, 2.24) is 0 Å². The van der Waals surface area contributed by atoms with Crippen LogP contribution in [0.15, 0.2) is 22.7 Å². The van der Waals surface area contributed by atoms with E-state index in [0.717, 1.165) is 20.2 Å². The number of anilines is 1. The molecule has 1 aliphatic rings. The summed E-state index contributed by atoms with van der Waals surface area (Å²) in [6.07, 6.45) is 1.61. The van der Waals surface area contributed by atoms with Crippen LogP contribution in [-0.4, -0.2) is 12.5 Å². The Morgan fingerprint density at radius 3 is 2.89 bits per heavy atom. The number of benzene rings is 1. The van der Waals surface area contributed by atoms with Gasteiger partial charge in [0.2, 0.25) is 5.92 Å². The third-order valence-electron chi connectivity index (χ3n) is 3.26. The van der Waals surface area contributed by atoms with Crippen LogP contribution in [0.2, 0.25) is 0 Å². The molecule has 18 heavy (non-hydrogen) atoms. The first-order chi connectivity index (χ1) is 8.46. The molecular weight excluding hydrogens is 415 g/mol. The van der Waals surface area contributed by atoms with Crippen molar-refractivity contribution in [3.8, 4) is 0 Å². The van der Waals surface area contributed by atoms with E-state index in [-0.39, 0.29) is 18.8 Å². The molecule has 1 aromatic carbocycles. The van der Waals surface area contributed by atoms with E-state index in [2.05, 4.69) is 43.8 Å². The number of nitrogens with one attached hydrogen (secondary N) is 1. The molecular formula is C13H15BrF2IN. The second kappa shape index (κ2) is 6.03. The molecule has 5 heteroatoms. The second-order valence-electron chi connectivity index (χ2n) is 4.83. The summed E-state index contributed by atoms with van der Waals surface area (Å²) >= 11 is 5.71. The number of hydrogen-bond donors (Lipinski definition) is 1. The quantitative estimate of drug-likeness (QED) is 0.643. The molecule has 100 valence electrons. The van der Waals surface area contributed by atoms with E-state index in [0.29, 0.717) is 13.0 Å². The molecule has 0 aromatic heterocycles. The monoisotopic (exact) mass is 429 g/mol. The molecule has 1 atom stereocenters. The van der Waals surface area contributed by atoms with Crippen molar-refractivity contribution in [2.75, 3.05) is 11.9 Å². The Hall–Kier alpha value is 0.0900. The fourth-order valence-electron chi connectivity index (χ4n) is 2.32. The summed E-state index contributed by atoms with van der Waals surface area (Å²) in [7, 11) is 0. The fraction of sp³-hybridized carbons (Fsp3) is 0.538. The van der Waals surface area contributed by atoms with Gasteiger partial charge in [-0.1, -0.05) is 0 Å². The highest BCUT2D eigenvalue weighted by atomic mass is 127. The van der Waals surface area contributed by atoms with Crippen LogP contribution in [0.3, 0.4) is 0 Å². The number of hydrogen-bond acceptors (Lipinski definition) is 1. The molecule has 1 N–H and O–H groups in total. The summed E-state index contributed by atoms with van der Waals surface area (Å²) in [5.41, 5.74) is 0.983. The fourth-order valence-corrected chi connectivity index (χ4v) is 3.03. The predicted molar refractivity (Wildman–Crippen MR) is 82.3 cm³/mol. The van der Waals surface area contributed by atoms with E-state index in [4.69, 9.17) is 0 Å². The largest absolute Gasteiger partial charge is 0.385 e. The second-order valence-corrected chi connectivity index (χ2v) is 6.84. The van der Waals surface area contributed by atoms with Gasteiger partial charge in [0.15, 0.2) is 0 Å². The van der Waals surface area contributed by atoms with Gasteiger partial charge in [0.05, 0.1) is 0 Å². The van der Waals surface area contributed by atoms with Gasteiger partial charge in [0, 0.05) is 33.1 Å². The Kier molecular flexibility index (Phi) is 4.86. The maximum absolute atomic E-state index is 13.3. The van der Waals surface area contributed by atoms with Crippen LogP contribution < -0.4 is 5.32 Å². The van der Waals surface area contributed by atoms with Gasteiger partial charge in [-0.15, -0.1) is 0 Å². The van der Waals surface area contributed by atoms with Gasteiger partial charge in [0.25, 0.3) is 0 Å². The zero-order valence-corrected chi connectivity index (χ0v) is 13.6. The standard InChI is InChI=1S/C13H15BrF2IN/c14-11-6-10(3-4-12(11)17)18-8-9-2-1-5-13(15,16)7-9/h3-4,6,9,18H,1-2,5,7-8H2. The van der Waals surface area contributed by atoms with E-state index < -0.39 is 5.92 Å². The summed E-state index contributed by atoms with van der Waals surface area (Å²) < 4.78 is 28.7. The number of halogens is 4. The topological polar surface area (TPSA) is 12.0 Å². The van der Waals surface area contributed by atoms with Gasteiger partial charge in [-0.3, -0.25) is 0 Å². The average molecular weight is 430 g/mol. The van der Waals surface area contributed by atoms with Gasteiger partial charge in [-0.05, 0) is 75.5 Å². The maximum Gasteiger partial charge on any atom is 0.248 e. The Labute approximate surface area is 128 Å². The number of alkyl halides is 2. The van der Waals surface area contributed by atoms with Crippen LogP contribution in [0.5, 0.6) is 0 Å². The Bertz CT molecular complexity index is 425. The molecule has 0 bridgehead atoms. The number of rotatable bonds is 3. The van der Waals surface area contributed by atoms with Crippen molar-refractivity contribution in [1.29, 1.82) is 0 Å². The van der Waals surface area contributed by atoms with Crippen molar-refractivity contribution in [2.24, 2.45) is 5.92 Å². The molecule has 0 radical (unpaired) electrons. The van der Waals surface area contributed by atoms with Gasteiger partial charge < -0.3 is 5.32 Å². The predicted octanol–water partition coefficient (Wildman–Crippen LogP) is 5.29. The smallest absolute Gasteiger partial charge is 0.248 e. The molecule has 1 unspecified atom stereocenters. The third kappa shape index (κ3) is 4.05. The van der Waals surface area contributed by atoms with Crippen molar-refractivity contribution in [3.63, 3.8) is 0 Å². The third-order valence-corrected chi connectivity index (χ3v) is 5.59. The zero-order chi connectivity index (χ0) is 13.2. The van der Waals surface area contributed by atoms with Crippen LogP contribution >= 0.6 is 38.5 Å². The first-order valence-corrected chi connectivity index (χ1v) is 7.90. The molecule has 0 amide bonds. The molecule has 1 fully saturated rings. The average Bonchev–Trinajstić information content (AvgIpc) is 2.29. The lowest BCUT2D eigenvalue weighted by molar-refractivity contribution is -0.0502. The van der Waals surface area contributed by atoms with Gasteiger partial charge in [-0.25, -0.2) is 8.78 Å². The van der Waals surface area contributed by atoms with Gasteiger partial charge >= 0.3 is 0 Å². The van der Waals surface area contributed by atoms with Gasteiger partial charge in [-0.2, -0.15) is 0 Å². The van der Waals surface area contributed by atoms with Crippen LogP contribution in [0.4, 0.5) is 14.5 Å². The first-order valence-electron chi connectivity index (χ1n) is 6.03. The molecule has 2 rings (SSSR count).